The second-order valence-electron chi connectivity index (χ2n) is 4.40. The Balaban J connectivity index is 2.08. The number of sulfonamides is 1. The van der Waals surface area contributed by atoms with Gasteiger partial charge in [-0.1, -0.05) is 19.1 Å². The molecule has 6 nitrogen and oxygen atoms in total. The largest absolute Gasteiger partial charge is 0.313 e. The molecule has 1 heterocycles. The molecule has 0 saturated carbocycles. The lowest BCUT2D eigenvalue weighted by atomic mass is 10.2. The SMILES string of the molecule is CCCNCc1cccc(NS(=O)(=O)c2ccn[nH]2)c1. The summed E-state index contributed by atoms with van der Waals surface area (Å²) in [5, 5.41) is 9.41. The fourth-order valence-electron chi connectivity index (χ4n) is 1.76. The molecule has 0 radical (unpaired) electrons. The lowest BCUT2D eigenvalue weighted by Gasteiger charge is -2.08. The zero-order chi connectivity index (χ0) is 14.4. The number of nitrogens with zero attached hydrogens (tertiary/aromatic N) is 1. The van der Waals surface area contributed by atoms with Crippen LogP contribution in [-0.2, 0) is 16.6 Å². The second kappa shape index (κ2) is 6.53. The minimum absolute atomic E-state index is 0.0482. The van der Waals surface area contributed by atoms with Gasteiger partial charge < -0.3 is 5.32 Å². The summed E-state index contributed by atoms with van der Waals surface area (Å²) in [5.41, 5.74) is 1.57. The van der Waals surface area contributed by atoms with Crippen molar-refractivity contribution in [2.75, 3.05) is 11.3 Å². The van der Waals surface area contributed by atoms with Gasteiger partial charge in [0.15, 0.2) is 5.03 Å². The molecule has 0 bridgehead atoms. The van der Waals surface area contributed by atoms with Crippen molar-refractivity contribution in [1.82, 2.24) is 15.5 Å². The van der Waals surface area contributed by atoms with E-state index in [1.54, 1.807) is 6.07 Å². The first kappa shape index (κ1) is 14.5. The molecule has 0 aliphatic rings. The first-order valence-electron chi connectivity index (χ1n) is 6.43. The van der Waals surface area contributed by atoms with Crippen molar-refractivity contribution in [1.29, 1.82) is 0 Å². The van der Waals surface area contributed by atoms with Gasteiger partial charge in [0, 0.05) is 12.2 Å². The number of benzene rings is 1. The molecule has 0 amide bonds. The third-order valence-corrected chi connectivity index (χ3v) is 4.01. The van der Waals surface area contributed by atoms with Crippen LogP contribution < -0.4 is 10.0 Å². The van der Waals surface area contributed by atoms with Crippen molar-refractivity contribution >= 4 is 15.7 Å². The van der Waals surface area contributed by atoms with Crippen molar-refractivity contribution in [3.05, 3.63) is 42.1 Å². The highest BCUT2D eigenvalue weighted by molar-refractivity contribution is 7.92. The molecule has 1 aromatic carbocycles. The summed E-state index contributed by atoms with van der Waals surface area (Å²) in [6, 6.07) is 8.73. The van der Waals surface area contributed by atoms with Crippen molar-refractivity contribution in [2.24, 2.45) is 0 Å². The number of anilines is 1. The fraction of sp³-hybridized carbons (Fsp3) is 0.308. The van der Waals surface area contributed by atoms with Crippen LogP contribution in [-0.4, -0.2) is 25.2 Å². The Bertz CT molecular complexity index is 638. The summed E-state index contributed by atoms with van der Waals surface area (Å²) >= 11 is 0. The lowest BCUT2D eigenvalue weighted by Crippen LogP contribution is -2.15. The maximum Gasteiger partial charge on any atom is 0.278 e. The fourth-order valence-corrected chi connectivity index (χ4v) is 2.72. The van der Waals surface area contributed by atoms with E-state index in [4.69, 9.17) is 0 Å². The topological polar surface area (TPSA) is 86.9 Å². The van der Waals surface area contributed by atoms with Crippen LogP contribution >= 0.6 is 0 Å². The van der Waals surface area contributed by atoms with Crippen molar-refractivity contribution < 1.29 is 8.42 Å². The van der Waals surface area contributed by atoms with Gasteiger partial charge in [0.05, 0.1) is 6.20 Å². The first-order valence-corrected chi connectivity index (χ1v) is 7.92. The van der Waals surface area contributed by atoms with E-state index >= 15 is 0 Å². The molecule has 20 heavy (non-hydrogen) atoms. The second-order valence-corrected chi connectivity index (χ2v) is 6.05. The van der Waals surface area contributed by atoms with E-state index in [0.29, 0.717) is 12.2 Å². The van der Waals surface area contributed by atoms with E-state index in [9.17, 15) is 8.42 Å². The van der Waals surface area contributed by atoms with E-state index in [1.807, 2.05) is 18.2 Å². The van der Waals surface area contributed by atoms with Gasteiger partial charge in [-0.3, -0.25) is 9.82 Å². The monoisotopic (exact) mass is 294 g/mol. The van der Waals surface area contributed by atoms with Gasteiger partial charge in [0.2, 0.25) is 0 Å². The van der Waals surface area contributed by atoms with E-state index in [1.165, 1.54) is 12.3 Å². The Hall–Kier alpha value is -1.86. The maximum atomic E-state index is 12.0. The number of hydrogen-bond acceptors (Lipinski definition) is 4. The number of hydrogen-bond donors (Lipinski definition) is 3. The zero-order valence-corrected chi connectivity index (χ0v) is 12.1. The molecule has 1 aromatic heterocycles. The Morgan fingerprint density at radius 1 is 1.30 bits per heavy atom. The third kappa shape index (κ3) is 3.82. The summed E-state index contributed by atoms with van der Waals surface area (Å²) in [5.74, 6) is 0. The molecule has 0 fully saturated rings. The summed E-state index contributed by atoms with van der Waals surface area (Å²) in [7, 11) is -3.60. The van der Waals surface area contributed by atoms with Crippen LogP contribution in [0.3, 0.4) is 0 Å². The predicted octanol–water partition coefficient (Wildman–Crippen LogP) is 1.71. The van der Waals surface area contributed by atoms with Crippen molar-refractivity contribution in [3.63, 3.8) is 0 Å². The molecule has 0 spiro atoms. The summed E-state index contributed by atoms with van der Waals surface area (Å²) in [4.78, 5) is 0. The highest BCUT2D eigenvalue weighted by Crippen LogP contribution is 2.15. The van der Waals surface area contributed by atoms with Gasteiger partial charge in [0.1, 0.15) is 0 Å². The number of aromatic nitrogens is 2. The van der Waals surface area contributed by atoms with Gasteiger partial charge in [-0.2, -0.15) is 13.5 Å². The lowest BCUT2D eigenvalue weighted by molar-refractivity contribution is 0.597. The smallest absolute Gasteiger partial charge is 0.278 e. The van der Waals surface area contributed by atoms with Crippen LogP contribution in [0, 0.1) is 0 Å². The quantitative estimate of drug-likeness (QED) is 0.678. The Morgan fingerprint density at radius 3 is 2.85 bits per heavy atom. The Kier molecular flexibility index (Phi) is 4.75. The maximum absolute atomic E-state index is 12.0. The highest BCUT2D eigenvalue weighted by Gasteiger charge is 2.15. The summed E-state index contributed by atoms with van der Waals surface area (Å²) in [6.07, 6.45) is 2.46. The molecule has 0 unspecified atom stereocenters. The van der Waals surface area contributed by atoms with Crippen LogP contribution in [0.1, 0.15) is 18.9 Å². The molecular formula is C13H18N4O2S. The average Bonchev–Trinajstić information content (AvgIpc) is 2.94. The van der Waals surface area contributed by atoms with Crippen LogP contribution in [0.5, 0.6) is 0 Å². The van der Waals surface area contributed by atoms with Gasteiger partial charge in [-0.25, -0.2) is 0 Å². The molecule has 7 heteroatoms. The van der Waals surface area contributed by atoms with Crippen LogP contribution in [0.15, 0.2) is 41.6 Å². The number of rotatable bonds is 7. The summed E-state index contributed by atoms with van der Waals surface area (Å²) < 4.78 is 26.6. The molecule has 108 valence electrons. The minimum atomic E-state index is -3.60. The van der Waals surface area contributed by atoms with E-state index < -0.39 is 10.0 Å². The van der Waals surface area contributed by atoms with Gasteiger partial charge in [0.25, 0.3) is 10.0 Å². The minimum Gasteiger partial charge on any atom is -0.313 e. The average molecular weight is 294 g/mol. The van der Waals surface area contributed by atoms with E-state index in [-0.39, 0.29) is 5.03 Å². The highest BCUT2D eigenvalue weighted by atomic mass is 32.2. The first-order chi connectivity index (χ1) is 9.62. The normalized spacial score (nSPS) is 11.4. The Labute approximate surface area is 118 Å². The molecule has 0 aliphatic heterocycles. The number of nitrogens with one attached hydrogen (secondary N) is 3. The standard InChI is InChI=1S/C13H18N4O2S/c1-2-7-14-10-11-4-3-5-12(9-11)17-20(18,19)13-6-8-15-16-13/h3-6,8-9,14,17H,2,7,10H2,1H3,(H,15,16). The number of aromatic amines is 1. The molecule has 0 aliphatic carbocycles. The zero-order valence-electron chi connectivity index (χ0n) is 11.3. The van der Waals surface area contributed by atoms with Gasteiger partial charge in [-0.05, 0) is 36.7 Å². The van der Waals surface area contributed by atoms with Crippen molar-refractivity contribution in [2.45, 2.75) is 24.9 Å². The van der Waals surface area contributed by atoms with Crippen LogP contribution in [0.4, 0.5) is 5.69 Å². The third-order valence-electron chi connectivity index (χ3n) is 2.70. The molecule has 2 rings (SSSR count). The molecule has 3 N–H and O–H groups in total. The van der Waals surface area contributed by atoms with Gasteiger partial charge in [-0.15, -0.1) is 0 Å². The van der Waals surface area contributed by atoms with Crippen LogP contribution in [0.25, 0.3) is 0 Å². The van der Waals surface area contributed by atoms with E-state index in [0.717, 1.165) is 18.5 Å². The predicted molar refractivity (Wildman–Crippen MR) is 77.8 cm³/mol. The molecule has 2 aromatic rings. The van der Waals surface area contributed by atoms with Crippen molar-refractivity contribution in [3.8, 4) is 0 Å². The van der Waals surface area contributed by atoms with Gasteiger partial charge >= 0.3 is 0 Å². The number of H-pyrrole nitrogens is 1. The molecular weight excluding hydrogens is 276 g/mol. The Morgan fingerprint density at radius 2 is 2.15 bits per heavy atom. The summed E-state index contributed by atoms with van der Waals surface area (Å²) in [6.45, 7) is 3.75. The molecule has 0 atom stereocenters. The van der Waals surface area contributed by atoms with E-state index in [2.05, 4.69) is 27.2 Å². The molecule has 0 saturated heterocycles. The van der Waals surface area contributed by atoms with Crippen LogP contribution in [0.2, 0.25) is 0 Å².